The molecule has 90 valence electrons. The van der Waals surface area contributed by atoms with Gasteiger partial charge < -0.3 is 5.11 Å². The van der Waals surface area contributed by atoms with Crippen molar-refractivity contribution in [1.29, 1.82) is 0 Å². The standard InChI is InChI=1S/C13H21NO2/c1-4-5-8-14-9-6-7-11(10-14)13(2,3)12(15)16/h11H,6-10H2,1-3H3,(H,15,16). The quantitative estimate of drug-likeness (QED) is 0.742. The van der Waals surface area contributed by atoms with Gasteiger partial charge in [0.25, 0.3) is 0 Å². The highest BCUT2D eigenvalue weighted by Gasteiger charge is 2.38. The first kappa shape index (κ1) is 13.1. The number of hydrogen-bond acceptors (Lipinski definition) is 2. The number of carboxylic acid groups (broad SMARTS) is 1. The minimum absolute atomic E-state index is 0.234. The Balaban J connectivity index is 2.62. The minimum Gasteiger partial charge on any atom is -0.481 e. The number of carboxylic acids is 1. The first-order valence-electron chi connectivity index (χ1n) is 5.84. The van der Waals surface area contributed by atoms with Crippen molar-refractivity contribution < 1.29 is 9.90 Å². The summed E-state index contributed by atoms with van der Waals surface area (Å²) in [7, 11) is 0. The number of piperidine rings is 1. The Morgan fingerprint density at radius 1 is 1.56 bits per heavy atom. The molecule has 0 bridgehead atoms. The molecule has 1 aliphatic heterocycles. The third kappa shape index (κ3) is 2.99. The largest absolute Gasteiger partial charge is 0.481 e. The molecule has 0 aromatic heterocycles. The van der Waals surface area contributed by atoms with Crippen LogP contribution < -0.4 is 0 Å². The van der Waals surface area contributed by atoms with Crippen LogP contribution in [-0.4, -0.2) is 35.6 Å². The van der Waals surface area contributed by atoms with Crippen LogP contribution in [0.15, 0.2) is 0 Å². The second-order valence-corrected chi connectivity index (χ2v) is 5.03. The van der Waals surface area contributed by atoms with Gasteiger partial charge >= 0.3 is 5.97 Å². The van der Waals surface area contributed by atoms with E-state index in [2.05, 4.69) is 16.7 Å². The number of hydrogen-bond donors (Lipinski definition) is 1. The molecule has 0 amide bonds. The van der Waals surface area contributed by atoms with Gasteiger partial charge in [-0.3, -0.25) is 9.69 Å². The fourth-order valence-corrected chi connectivity index (χ4v) is 2.15. The van der Waals surface area contributed by atoms with Crippen LogP contribution in [-0.2, 0) is 4.79 Å². The molecule has 1 saturated heterocycles. The molecule has 16 heavy (non-hydrogen) atoms. The molecule has 1 atom stereocenters. The SMILES string of the molecule is CC#CCN1CCCC(C(C)(C)C(=O)O)C1. The van der Waals surface area contributed by atoms with E-state index in [1.807, 2.05) is 20.8 Å². The summed E-state index contributed by atoms with van der Waals surface area (Å²) in [6.07, 6.45) is 2.09. The van der Waals surface area contributed by atoms with Crippen molar-refractivity contribution in [3.63, 3.8) is 0 Å². The summed E-state index contributed by atoms with van der Waals surface area (Å²) >= 11 is 0. The van der Waals surface area contributed by atoms with Gasteiger partial charge in [0, 0.05) is 6.54 Å². The monoisotopic (exact) mass is 223 g/mol. The van der Waals surface area contributed by atoms with Gasteiger partial charge in [0.15, 0.2) is 0 Å². The zero-order valence-corrected chi connectivity index (χ0v) is 10.4. The number of carbonyl (C=O) groups is 1. The van der Waals surface area contributed by atoms with Gasteiger partial charge in [-0.25, -0.2) is 0 Å². The Labute approximate surface area is 97.8 Å². The van der Waals surface area contributed by atoms with Gasteiger partial charge in [0.2, 0.25) is 0 Å². The lowest BCUT2D eigenvalue weighted by Crippen LogP contribution is -2.44. The Hall–Kier alpha value is -1.01. The van der Waals surface area contributed by atoms with E-state index in [4.69, 9.17) is 0 Å². The smallest absolute Gasteiger partial charge is 0.309 e. The fraction of sp³-hybridized carbons (Fsp3) is 0.769. The van der Waals surface area contributed by atoms with E-state index in [0.717, 1.165) is 32.5 Å². The number of rotatable bonds is 3. The molecule has 0 radical (unpaired) electrons. The molecular formula is C13H21NO2. The molecule has 0 aromatic rings. The van der Waals surface area contributed by atoms with E-state index in [1.54, 1.807) is 0 Å². The number of likely N-dealkylation sites (tertiary alicyclic amines) is 1. The molecule has 1 N–H and O–H groups in total. The van der Waals surface area contributed by atoms with Crippen molar-refractivity contribution in [1.82, 2.24) is 4.90 Å². The summed E-state index contributed by atoms with van der Waals surface area (Å²) in [6, 6.07) is 0. The lowest BCUT2D eigenvalue weighted by Gasteiger charge is -2.38. The van der Waals surface area contributed by atoms with Gasteiger partial charge in [-0.05, 0) is 46.1 Å². The first-order chi connectivity index (χ1) is 7.48. The summed E-state index contributed by atoms with van der Waals surface area (Å²) in [5, 5.41) is 9.21. The topological polar surface area (TPSA) is 40.5 Å². The van der Waals surface area contributed by atoms with E-state index < -0.39 is 11.4 Å². The zero-order valence-electron chi connectivity index (χ0n) is 10.4. The second-order valence-electron chi connectivity index (χ2n) is 5.03. The maximum Gasteiger partial charge on any atom is 0.309 e. The third-order valence-electron chi connectivity index (χ3n) is 3.56. The van der Waals surface area contributed by atoms with Gasteiger partial charge in [0.1, 0.15) is 0 Å². The van der Waals surface area contributed by atoms with Crippen molar-refractivity contribution in [2.75, 3.05) is 19.6 Å². The zero-order chi connectivity index (χ0) is 12.2. The van der Waals surface area contributed by atoms with E-state index in [1.165, 1.54) is 0 Å². The molecule has 1 heterocycles. The van der Waals surface area contributed by atoms with Crippen molar-refractivity contribution in [2.45, 2.75) is 33.6 Å². The van der Waals surface area contributed by atoms with Crippen LogP contribution in [0.1, 0.15) is 33.6 Å². The summed E-state index contributed by atoms with van der Waals surface area (Å²) in [6.45, 7) is 8.16. The molecule has 1 unspecified atom stereocenters. The van der Waals surface area contributed by atoms with Crippen molar-refractivity contribution in [2.24, 2.45) is 11.3 Å². The fourth-order valence-electron chi connectivity index (χ4n) is 2.15. The second kappa shape index (κ2) is 5.36. The van der Waals surface area contributed by atoms with E-state index in [-0.39, 0.29) is 5.92 Å². The highest BCUT2D eigenvalue weighted by Crippen LogP contribution is 2.33. The summed E-state index contributed by atoms with van der Waals surface area (Å²) in [5.74, 6) is 5.47. The Morgan fingerprint density at radius 3 is 2.81 bits per heavy atom. The lowest BCUT2D eigenvalue weighted by atomic mass is 9.74. The van der Waals surface area contributed by atoms with Gasteiger partial charge in [0.05, 0.1) is 12.0 Å². The molecule has 0 saturated carbocycles. The molecular weight excluding hydrogens is 202 g/mol. The van der Waals surface area contributed by atoms with Crippen LogP contribution >= 0.6 is 0 Å². The molecule has 0 aromatic carbocycles. The van der Waals surface area contributed by atoms with Crippen LogP contribution in [0.4, 0.5) is 0 Å². The third-order valence-corrected chi connectivity index (χ3v) is 3.56. The van der Waals surface area contributed by atoms with Crippen molar-refractivity contribution in [3.05, 3.63) is 0 Å². The van der Waals surface area contributed by atoms with Gasteiger partial charge in [-0.2, -0.15) is 0 Å². The van der Waals surface area contributed by atoms with Crippen molar-refractivity contribution >= 4 is 5.97 Å². The summed E-state index contributed by atoms with van der Waals surface area (Å²) in [5.41, 5.74) is -0.627. The average Bonchev–Trinajstić information content (AvgIpc) is 2.26. The average molecular weight is 223 g/mol. The predicted molar refractivity (Wildman–Crippen MR) is 64.0 cm³/mol. The molecule has 1 rings (SSSR count). The van der Waals surface area contributed by atoms with Crippen molar-refractivity contribution in [3.8, 4) is 11.8 Å². The van der Waals surface area contributed by atoms with Gasteiger partial charge in [-0.15, -0.1) is 5.92 Å². The highest BCUT2D eigenvalue weighted by molar-refractivity contribution is 5.74. The van der Waals surface area contributed by atoms with Gasteiger partial charge in [-0.1, -0.05) is 5.92 Å². The highest BCUT2D eigenvalue weighted by atomic mass is 16.4. The summed E-state index contributed by atoms with van der Waals surface area (Å²) < 4.78 is 0. The molecule has 1 fully saturated rings. The van der Waals surface area contributed by atoms with Crippen LogP contribution in [0.3, 0.4) is 0 Å². The molecule has 0 spiro atoms. The molecule has 0 aliphatic carbocycles. The first-order valence-corrected chi connectivity index (χ1v) is 5.84. The van der Waals surface area contributed by atoms with Crippen LogP contribution in [0.2, 0.25) is 0 Å². The molecule has 3 nitrogen and oxygen atoms in total. The predicted octanol–water partition coefficient (Wildman–Crippen LogP) is 1.83. The van der Waals surface area contributed by atoms with E-state index in [0.29, 0.717) is 0 Å². The maximum atomic E-state index is 11.2. The Kier molecular flexibility index (Phi) is 4.37. The maximum absolute atomic E-state index is 11.2. The number of nitrogens with zero attached hydrogens (tertiary/aromatic N) is 1. The van der Waals surface area contributed by atoms with E-state index in [9.17, 15) is 9.90 Å². The number of aliphatic carboxylic acids is 1. The molecule has 3 heteroatoms. The van der Waals surface area contributed by atoms with Crippen LogP contribution in [0.25, 0.3) is 0 Å². The lowest BCUT2D eigenvalue weighted by molar-refractivity contribution is -0.151. The normalized spacial score (nSPS) is 22.3. The Morgan fingerprint density at radius 2 is 2.25 bits per heavy atom. The van der Waals surface area contributed by atoms with E-state index >= 15 is 0 Å². The Bertz CT molecular complexity index is 312. The van der Waals surface area contributed by atoms with Crippen LogP contribution in [0.5, 0.6) is 0 Å². The molecule has 1 aliphatic rings. The van der Waals surface area contributed by atoms with Crippen LogP contribution in [0, 0.1) is 23.2 Å². The summed E-state index contributed by atoms with van der Waals surface area (Å²) in [4.78, 5) is 13.5. The minimum atomic E-state index is -0.694.